The Labute approximate surface area is 117 Å². The number of fused-ring (bicyclic) bond motifs is 1. The molecule has 0 aromatic heterocycles. The van der Waals surface area contributed by atoms with E-state index in [2.05, 4.69) is 30.7 Å². The second-order valence-electron chi connectivity index (χ2n) is 2.44. The van der Waals surface area contributed by atoms with Crippen LogP contribution in [0.25, 0.3) is 0 Å². The van der Waals surface area contributed by atoms with Crippen molar-refractivity contribution in [1.82, 2.24) is 0 Å². The molecule has 0 N–H and O–H groups in total. The smallest absolute Gasteiger partial charge is 1.00 e. The predicted molar refractivity (Wildman–Crippen MR) is 38.2 cm³/mol. The number of hydrogen-bond donors (Lipinski definition) is 0. The third kappa shape index (κ3) is 4.73. The van der Waals surface area contributed by atoms with Gasteiger partial charge in [0, 0.05) is 0 Å². The van der Waals surface area contributed by atoms with Crippen molar-refractivity contribution < 1.29 is 63.1 Å². The van der Waals surface area contributed by atoms with Crippen molar-refractivity contribution in [2.45, 2.75) is 12.8 Å². The van der Waals surface area contributed by atoms with Crippen LogP contribution in [0.5, 0.6) is 0 Å². The van der Waals surface area contributed by atoms with Gasteiger partial charge in [0.25, 0.3) is 0 Å². The van der Waals surface area contributed by atoms with E-state index in [1.165, 1.54) is 24.0 Å². The van der Waals surface area contributed by atoms with Crippen molar-refractivity contribution in [2.24, 2.45) is 0 Å². The van der Waals surface area contributed by atoms with Gasteiger partial charge in [0.2, 0.25) is 0 Å². The number of halogens is 3. The average molecular weight is 402 g/mol. The van der Waals surface area contributed by atoms with Gasteiger partial charge in [-0.05, 0) is 0 Å². The van der Waals surface area contributed by atoms with Crippen LogP contribution in [-0.2, 0) is 32.3 Å². The van der Waals surface area contributed by atoms with Gasteiger partial charge >= 0.3 is 25.8 Å². The summed E-state index contributed by atoms with van der Waals surface area (Å²) in [5.41, 5.74) is 2.95. The molecule has 0 atom stereocenters. The van der Waals surface area contributed by atoms with Gasteiger partial charge in [0.1, 0.15) is 0 Å². The summed E-state index contributed by atoms with van der Waals surface area (Å²) in [7, 11) is 0. The second-order valence-corrected chi connectivity index (χ2v) is 2.44. The first kappa shape index (κ1) is 19.4. The Morgan fingerprint density at radius 3 is 2.23 bits per heavy atom. The Kier molecular flexibility index (Phi) is 14.0. The van der Waals surface area contributed by atoms with E-state index >= 15 is 0 Å². The Bertz CT molecular complexity index is 205. The molecule has 1 aromatic carbocycles. The molecule has 0 nitrogen and oxygen atoms in total. The van der Waals surface area contributed by atoms with Gasteiger partial charge in [-0.15, -0.1) is 17.7 Å². The molecule has 1 aliphatic rings. The van der Waals surface area contributed by atoms with Crippen molar-refractivity contribution in [1.29, 1.82) is 0 Å². The van der Waals surface area contributed by atoms with Gasteiger partial charge in [-0.2, -0.15) is 18.1 Å². The first-order valence-electron chi connectivity index (χ1n) is 3.38. The summed E-state index contributed by atoms with van der Waals surface area (Å²) >= 11 is 0. The third-order valence-corrected chi connectivity index (χ3v) is 1.83. The van der Waals surface area contributed by atoms with E-state index in [9.17, 15) is 0 Å². The zero-order valence-corrected chi connectivity index (χ0v) is 12.8. The van der Waals surface area contributed by atoms with E-state index in [4.69, 9.17) is 0 Å². The normalized spacial score (nSPS) is 10.2. The molecule has 70 valence electrons. The zero-order valence-electron chi connectivity index (χ0n) is 6.93. The Balaban J connectivity index is -0.000000250. The number of aryl methyl sites for hydroxylation is 1. The number of rotatable bonds is 0. The van der Waals surface area contributed by atoms with Crippen LogP contribution < -0.4 is 37.2 Å². The molecule has 1 aromatic rings. The van der Waals surface area contributed by atoms with Crippen LogP contribution in [0, 0.1) is 6.42 Å². The van der Waals surface area contributed by atoms with Gasteiger partial charge in [0.15, 0.2) is 0 Å². The van der Waals surface area contributed by atoms with Crippen LogP contribution in [0.15, 0.2) is 24.3 Å². The summed E-state index contributed by atoms with van der Waals surface area (Å²) < 4.78 is 0. The molecule has 0 aliphatic heterocycles. The van der Waals surface area contributed by atoms with E-state index in [0.29, 0.717) is 0 Å². The van der Waals surface area contributed by atoms with Crippen LogP contribution >= 0.6 is 0 Å². The number of benzene rings is 1. The molecule has 0 fully saturated rings. The largest absolute Gasteiger partial charge is 4.00 e. The van der Waals surface area contributed by atoms with Crippen molar-refractivity contribution >= 4 is 0 Å². The second kappa shape index (κ2) is 9.39. The monoisotopic (exact) mass is 402 g/mol. The quantitative estimate of drug-likeness (QED) is 0.299. The summed E-state index contributed by atoms with van der Waals surface area (Å²) in [6, 6.07) is 8.60. The molecule has 0 bridgehead atoms. The van der Waals surface area contributed by atoms with Gasteiger partial charge in [-0.1, -0.05) is 18.9 Å². The van der Waals surface area contributed by atoms with Crippen LogP contribution in [0.2, 0.25) is 0 Å². The predicted octanol–water partition coefficient (Wildman–Crippen LogP) is -6.81. The van der Waals surface area contributed by atoms with Gasteiger partial charge in [-0.25, -0.2) is 0 Å². The SMILES string of the molecule is [Cl-].[Cl-].[Cl-].[Hf+4].c1ccc2c(c1)[CH-]CC2. The molecule has 0 amide bonds. The average Bonchev–Trinajstić information content (AvgIpc) is 2.33. The summed E-state index contributed by atoms with van der Waals surface area (Å²) in [5.74, 6) is 0. The van der Waals surface area contributed by atoms with Crippen LogP contribution in [0.1, 0.15) is 17.5 Å². The third-order valence-electron chi connectivity index (χ3n) is 1.83. The van der Waals surface area contributed by atoms with E-state index in [1.54, 1.807) is 0 Å². The summed E-state index contributed by atoms with van der Waals surface area (Å²) in [6.45, 7) is 0. The maximum absolute atomic E-state index is 2.30. The summed E-state index contributed by atoms with van der Waals surface area (Å²) in [4.78, 5) is 0. The van der Waals surface area contributed by atoms with Crippen molar-refractivity contribution in [3.63, 3.8) is 0 Å². The molecule has 0 spiro atoms. The first-order valence-corrected chi connectivity index (χ1v) is 3.38. The van der Waals surface area contributed by atoms with Gasteiger partial charge in [0.05, 0.1) is 0 Å². The molecular weight excluding hydrogens is 393 g/mol. The minimum absolute atomic E-state index is 0. The summed E-state index contributed by atoms with van der Waals surface area (Å²) in [6.07, 6.45) is 4.78. The maximum atomic E-state index is 2.30. The molecule has 0 heterocycles. The van der Waals surface area contributed by atoms with Crippen LogP contribution in [0.3, 0.4) is 0 Å². The Morgan fingerprint density at radius 2 is 1.62 bits per heavy atom. The standard InChI is InChI=1S/C9H9.3ClH.Hf/c1-2-5-9-7-3-6-8(9)4-1;;;;/h1-2,4-6H,3,7H2;3*1H;/q-1;;;;+4/p-3. The fraction of sp³-hybridized carbons (Fsp3) is 0.222. The van der Waals surface area contributed by atoms with Crippen molar-refractivity contribution in [3.8, 4) is 0 Å². The molecule has 1 aliphatic carbocycles. The van der Waals surface area contributed by atoms with Crippen LogP contribution in [-0.4, -0.2) is 0 Å². The fourth-order valence-electron chi connectivity index (χ4n) is 1.34. The minimum Gasteiger partial charge on any atom is -1.00 e. The zero-order chi connectivity index (χ0) is 6.10. The molecule has 0 radical (unpaired) electrons. The Hall–Kier alpha value is 0.830. The van der Waals surface area contributed by atoms with E-state index < -0.39 is 0 Å². The summed E-state index contributed by atoms with van der Waals surface area (Å²) in [5, 5.41) is 0. The molecule has 13 heavy (non-hydrogen) atoms. The molecule has 2 rings (SSSR count). The van der Waals surface area contributed by atoms with E-state index in [0.717, 1.165) is 0 Å². The van der Waals surface area contributed by atoms with E-state index in [-0.39, 0.29) is 63.1 Å². The first-order chi connectivity index (χ1) is 4.47. The van der Waals surface area contributed by atoms with Gasteiger partial charge in [-0.3, -0.25) is 0 Å². The van der Waals surface area contributed by atoms with Crippen molar-refractivity contribution in [3.05, 3.63) is 41.8 Å². The fourth-order valence-corrected chi connectivity index (χ4v) is 1.34. The van der Waals surface area contributed by atoms with Crippen LogP contribution in [0.4, 0.5) is 0 Å². The topological polar surface area (TPSA) is 0 Å². The molecule has 0 saturated heterocycles. The van der Waals surface area contributed by atoms with E-state index in [1.807, 2.05) is 0 Å². The number of hydrogen-bond acceptors (Lipinski definition) is 0. The molecule has 0 unspecified atom stereocenters. The molecular formula is C9H9Cl3Hf. The van der Waals surface area contributed by atoms with Gasteiger partial charge < -0.3 is 37.2 Å². The molecule has 0 saturated carbocycles. The maximum Gasteiger partial charge on any atom is 4.00 e. The minimum atomic E-state index is 0. The Morgan fingerprint density at radius 1 is 1.00 bits per heavy atom. The molecule has 4 heteroatoms. The van der Waals surface area contributed by atoms with Crippen molar-refractivity contribution in [2.75, 3.05) is 0 Å².